The SMILES string of the molecule is CC(C)[Si](C#Cc1c(F)ccc2cc(O[Si](C(C)C)(C(C)C)C(C)C)cc(OS(=O)(=O)C(F)(F)F)c12)(C(C)C)C(C)C. The fourth-order valence-corrected chi connectivity index (χ4v) is 17.9. The molecule has 0 N–H and O–H groups in total. The smallest absolute Gasteiger partial charge is 0.534 e. The lowest BCUT2D eigenvalue weighted by molar-refractivity contribution is -0.0499. The number of halogens is 4. The van der Waals surface area contributed by atoms with Gasteiger partial charge in [-0.25, -0.2) is 4.39 Å². The van der Waals surface area contributed by atoms with Gasteiger partial charge in [-0.3, -0.25) is 0 Å². The maximum atomic E-state index is 15.5. The average Bonchev–Trinajstić information content (AvgIpc) is 2.81. The lowest BCUT2D eigenvalue weighted by atomic mass is 10.0. The molecule has 236 valence electrons. The summed E-state index contributed by atoms with van der Waals surface area (Å²) in [5.41, 5.74) is -1.44. The van der Waals surface area contributed by atoms with Gasteiger partial charge in [-0.2, -0.15) is 21.6 Å². The Morgan fingerprint density at radius 3 is 1.64 bits per heavy atom. The highest BCUT2D eigenvalue weighted by atomic mass is 32.2. The predicted octanol–water partition coefficient (Wildman–Crippen LogP) is 10.3. The fourth-order valence-electron chi connectivity index (χ4n) is 6.95. The van der Waals surface area contributed by atoms with Crippen molar-refractivity contribution in [1.82, 2.24) is 0 Å². The van der Waals surface area contributed by atoms with Crippen LogP contribution in [0.25, 0.3) is 10.8 Å². The van der Waals surface area contributed by atoms with E-state index in [0.717, 1.165) is 6.07 Å². The molecule has 0 unspecified atom stereocenters. The van der Waals surface area contributed by atoms with E-state index in [1.165, 1.54) is 12.1 Å². The minimum atomic E-state index is -6.07. The summed E-state index contributed by atoms with van der Waals surface area (Å²) in [7, 11) is -11.1. The normalized spacial score (nSPS) is 13.6. The van der Waals surface area contributed by atoms with Crippen LogP contribution in [0.1, 0.15) is 88.6 Å². The van der Waals surface area contributed by atoms with E-state index >= 15 is 4.39 Å². The first kappa shape index (κ1) is 36.2. The molecule has 0 bridgehead atoms. The van der Waals surface area contributed by atoms with Crippen LogP contribution in [-0.4, -0.2) is 30.3 Å². The summed E-state index contributed by atoms with van der Waals surface area (Å²) in [5, 5.41) is 0.142. The van der Waals surface area contributed by atoms with E-state index in [9.17, 15) is 21.6 Å². The van der Waals surface area contributed by atoms with Crippen molar-refractivity contribution in [3.8, 4) is 23.0 Å². The molecule has 0 saturated heterocycles. The molecule has 11 heteroatoms. The zero-order chi connectivity index (χ0) is 32.6. The van der Waals surface area contributed by atoms with E-state index in [2.05, 4.69) is 94.5 Å². The number of rotatable bonds is 10. The quantitative estimate of drug-likeness (QED) is 0.0847. The van der Waals surface area contributed by atoms with E-state index in [4.69, 9.17) is 8.61 Å². The summed E-state index contributed by atoms with van der Waals surface area (Å²) >= 11 is 0. The van der Waals surface area contributed by atoms with Gasteiger partial charge >= 0.3 is 15.6 Å². The molecular weight excluding hydrogens is 601 g/mol. The average molecular weight is 647 g/mol. The van der Waals surface area contributed by atoms with Gasteiger partial charge in [0.05, 0.1) is 5.56 Å². The summed E-state index contributed by atoms with van der Waals surface area (Å²) in [6.45, 7) is 24.8. The molecule has 4 nitrogen and oxygen atoms in total. The van der Waals surface area contributed by atoms with Crippen molar-refractivity contribution in [2.45, 2.75) is 122 Å². The Morgan fingerprint density at radius 2 is 1.24 bits per heavy atom. The number of hydrogen-bond acceptors (Lipinski definition) is 4. The first-order chi connectivity index (χ1) is 19.1. The van der Waals surface area contributed by atoms with E-state index in [1.54, 1.807) is 6.07 Å². The zero-order valence-corrected chi connectivity index (χ0v) is 29.6. The molecule has 0 amide bonds. The number of alkyl halides is 3. The van der Waals surface area contributed by atoms with Gasteiger partial charge in [0.15, 0.2) is 5.75 Å². The molecule has 0 radical (unpaired) electrons. The van der Waals surface area contributed by atoms with E-state index < -0.39 is 43.6 Å². The van der Waals surface area contributed by atoms with Gasteiger partial charge in [-0.05, 0) is 50.8 Å². The van der Waals surface area contributed by atoms with Crippen LogP contribution in [0.4, 0.5) is 17.6 Å². The van der Waals surface area contributed by atoms with Crippen molar-refractivity contribution >= 4 is 37.3 Å². The van der Waals surface area contributed by atoms with Crippen LogP contribution >= 0.6 is 0 Å². The van der Waals surface area contributed by atoms with Gasteiger partial charge in [0.25, 0.3) is 8.32 Å². The first-order valence-electron chi connectivity index (χ1n) is 14.5. The van der Waals surface area contributed by atoms with Gasteiger partial charge in [0.2, 0.25) is 0 Å². The van der Waals surface area contributed by atoms with Crippen LogP contribution in [0, 0.1) is 17.3 Å². The van der Waals surface area contributed by atoms with Crippen LogP contribution in [0.15, 0.2) is 24.3 Å². The third kappa shape index (κ3) is 6.70. The van der Waals surface area contributed by atoms with Gasteiger partial charge in [-0.1, -0.05) is 95.1 Å². The molecule has 0 aromatic heterocycles. The van der Waals surface area contributed by atoms with Crippen molar-refractivity contribution < 1.29 is 34.6 Å². The summed E-state index contributed by atoms with van der Waals surface area (Å²) < 4.78 is 92.0. The molecule has 0 atom stereocenters. The molecule has 0 aliphatic rings. The van der Waals surface area contributed by atoms with Crippen molar-refractivity contribution in [2.24, 2.45) is 0 Å². The van der Waals surface area contributed by atoms with Crippen molar-refractivity contribution in [2.75, 3.05) is 0 Å². The lowest BCUT2D eigenvalue weighted by Crippen LogP contribution is -2.50. The largest absolute Gasteiger partial charge is 0.543 e. The van der Waals surface area contributed by atoms with Crippen LogP contribution in [0.5, 0.6) is 11.5 Å². The maximum absolute atomic E-state index is 15.5. The van der Waals surface area contributed by atoms with Gasteiger partial charge in [0.1, 0.15) is 19.6 Å². The summed E-state index contributed by atoms with van der Waals surface area (Å²) in [6.07, 6.45) is 0. The van der Waals surface area contributed by atoms with E-state index in [0.29, 0.717) is 0 Å². The number of fused-ring (bicyclic) bond motifs is 1. The minimum Gasteiger partial charge on any atom is -0.543 e. The highest BCUT2D eigenvalue weighted by Gasteiger charge is 2.50. The van der Waals surface area contributed by atoms with Crippen LogP contribution < -0.4 is 8.61 Å². The molecule has 0 heterocycles. The topological polar surface area (TPSA) is 52.6 Å². The molecule has 0 aliphatic heterocycles. The third-order valence-electron chi connectivity index (χ3n) is 8.76. The Bertz CT molecular complexity index is 1390. The lowest BCUT2D eigenvalue weighted by Gasteiger charge is -2.42. The second kappa shape index (κ2) is 12.9. The van der Waals surface area contributed by atoms with Crippen LogP contribution in [0.3, 0.4) is 0 Å². The number of hydrogen-bond donors (Lipinski definition) is 0. The number of benzene rings is 2. The molecular formula is C31H46F4O4SSi2. The monoisotopic (exact) mass is 646 g/mol. The van der Waals surface area contributed by atoms with Crippen molar-refractivity contribution in [1.29, 1.82) is 0 Å². The molecule has 2 aromatic carbocycles. The molecule has 2 rings (SSSR count). The fraction of sp³-hybridized carbons (Fsp3) is 0.613. The van der Waals surface area contributed by atoms with Crippen LogP contribution in [0.2, 0.25) is 33.2 Å². The van der Waals surface area contributed by atoms with E-state index in [1.807, 2.05) is 0 Å². The maximum Gasteiger partial charge on any atom is 0.534 e. The molecule has 2 aromatic rings. The van der Waals surface area contributed by atoms with Gasteiger partial charge in [0, 0.05) is 11.5 Å². The van der Waals surface area contributed by atoms with Crippen molar-refractivity contribution in [3.05, 3.63) is 35.6 Å². The Hall–Kier alpha value is -2.04. The molecule has 42 heavy (non-hydrogen) atoms. The Labute approximate surface area is 251 Å². The van der Waals surface area contributed by atoms with Crippen LogP contribution in [-0.2, 0) is 10.1 Å². The zero-order valence-electron chi connectivity index (χ0n) is 26.8. The summed E-state index contributed by atoms with van der Waals surface area (Å²) in [5.74, 6) is 1.73. The second-order valence-corrected chi connectivity index (χ2v) is 25.5. The van der Waals surface area contributed by atoms with Crippen molar-refractivity contribution in [3.63, 3.8) is 0 Å². The Kier molecular flexibility index (Phi) is 11.1. The first-order valence-corrected chi connectivity index (χ1v) is 20.3. The molecule has 0 fully saturated rings. The summed E-state index contributed by atoms with van der Waals surface area (Å²) in [6, 6.07) is 5.33. The highest BCUT2D eigenvalue weighted by Crippen LogP contribution is 2.46. The predicted molar refractivity (Wildman–Crippen MR) is 169 cm³/mol. The standard InChI is InChI=1S/C31H46F4O4SSi2/c1-19(2)41(20(3)4,21(5)6)16-15-27-28(32)14-13-25-17-26(39-42(22(7)8,23(9)10)24(11)12)18-29(30(25)27)38-40(36,37)31(33,34)35/h13-14,17-24H,1-12H3. The summed E-state index contributed by atoms with van der Waals surface area (Å²) in [4.78, 5) is 0. The minimum absolute atomic E-state index is 0.132. The molecule has 0 spiro atoms. The van der Waals surface area contributed by atoms with E-state index in [-0.39, 0.29) is 55.3 Å². The molecule has 0 saturated carbocycles. The highest BCUT2D eigenvalue weighted by molar-refractivity contribution is 7.88. The Balaban J connectivity index is 3.04. The molecule has 0 aliphatic carbocycles. The third-order valence-corrected chi connectivity index (χ3v) is 22.0. The van der Waals surface area contributed by atoms with Gasteiger partial charge in [-0.15, -0.1) is 5.54 Å². The Morgan fingerprint density at radius 1 is 0.762 bits per heavy atom. The second-order valence-electron chi connectivity index (χ2n) is 13.0. The van der Waals surface area contributed by atoms with Gasteiger partial charge < -0.3 is 8.61 Å².